The number of nitrogens with zero attached hydrogens (tertiary/aromatic N) is 1. The van der Waals surface area contributed by atoms with Crippen molar-refractivity contribution in [2.75, 3.05) is 32.8 Å². The first kappa shape index (κ1) is 16.4. The third-order valence-corrected chi connectivity index (χ3v) is 4.33. The van der Waals surface area contributed by atoms with Crippen LogP contribution < -0.4 is 5.32 Å². The van der Waals surface area contributed by atoms with Crippen LogP contribution in [-0.2, 0) is 4.74 Å². The summed E-state index contributed by atoms with van der Waals surface area (Å²) in [6.45, 7) is 11.2. The molecule has 1 fully saturated rings. The first-order chi connectivity index (χ1) is 10.0. The number of hydrogen-bond acceptors (Lipinski definition) is 3. The average molecular weight is 294 g/mol. The van der Waals surface area contributed by atoms with Crippen molar-refractivity contribution in [2.24, 2.45) is 0 Å². The van der Waals surface area contributed by atoms with Gasteiger partial charge in [0, 0.05) is 31.2 Å². The number of benzene rings is 1. The fourth-order valence-electron chi connectivity index (χ4n) is 2.85. The van der Waals surface area contributed by atoms with Gasteiger partial charge in [-0.1, -0.05) is 19.1 Å². The molecule has 1 atom stereocenters. The first-order valence-corrected chi connectivity index (χ1v) is 7.84. The number of ether oxygens (including phenoxy) is 1. The van der Waals surface area contributed by atoms with Gasteiger partial charge >= 0.3 is 0 Å². The average Bonchev–Trinajstić information content (AvgIpc) is 2.50. The Kier molecular flexibility index (Phi) is 5.73. The second-order valence-corrected chi connectivity index (χ2v) is 6.31. The summed E-state index contributed by atoms with van der Waals surface area (Å²) in [5.41, 5.74) is 1.24. The summed E-state index contributed by atoms with van der Waals surface area (Å²) in [4.78, 5) is 2.47. The minimum Gasteiger partial charge on any atom is -0.379 e. The van der Waals surface area contributed by atoms with Gasteiger partial charge in [-0.2, -0.15) is 0 Å². The van der Waals surface area contributed by atoms with Crippen LogP contribution in [0.3, 0.4) is 0 Å². The monoisotopic (exact) mass is 294 g/mol. The number of hydrogen-bond donors (Lipinski definition) is 1. The number of morpholine rings is 1. The van der Waals surface area contributed by atoms with Crippen molar-refractivity contribution >= 4 is 0 Å². The van der Waals surface area contributed by atoms with E-state index in [9.17, 15) is 4.39 Å². The van der Waals surface area contributed by atoms with E-state index in [0.29, 0.717) is 0 Å². The smallest absolute Gasteiger partial charge is 0.123 e. The summed E-state index contributed by atoms with van der Waals surface area (Å²) in [5, 5.41) is 3.64. The predicted molar refractivity (Wildman–Crippen MR) is 83.9 cm³/mol. The van der Waals surface area contributed by atoms with Crippen LogP contribution in [-0.4, -0.2) is 43.3 Å². The molecule has 0 saturated carbocycles. The molecule has 118 valence electrons. The van der Waals surface area contributed by atoms with E-state index >= 15 is 0 Å². The summed E-state index contributed by atoms with van der Waals surface area (Å²) >= 11 is 0. The largest absolute Gasteiger partial charge is 0.379 e. The topological polar surface area (TPSA) is 24.5 Å². The van der Waals surface area contributed by atoms with E-state index < -0.39 is 0 Å². The van der Waals surface area contributed by atoms with Gasteiger partial charge in [0.25, 0.3) is 0 Å². The van der Waals surface area contributed by atoms with E-state index in [1.165, 1.54) is 12.1 Å². The van der Waals surface area contributed by atoms with Crippen LogP contribution in [0.2, 0.25) is 0 Å². The fourth-order valence-corrected chi connectivity index (χ4v) is 2.85. The van der Waals surface area contributed by atoms with Crippen LogP contribution in [0, 0.1) is 5.82 Å². The molecule has 0 spiro atoms. The van der Waals surface area contributed by atoms with Gasteiger partial charge in [-0.15, -0.1) is 0 Å². The van der Waals surface area contributed by atoms with E-state index in [4.69, 9.17) is 4.74 Å². The number of halogens is 1. The van der Waals surface area contributed by atoms with E-state index in [2.05, 4.69) is 31.0 Å². The third kappa shape index (κ3) is 4.50. The van der Waals surface area contributed by atoms with Gasteiger partial charge < -0.3 is 10.1 Å². The standard InChI is InChI=1S/C17H27FN2O/c1-4-16(14-5-7-15(18)8-6-14)19-13-17(2,3)20-9-11-21-12-10-20/h5-8,16,19H,4,9-13H2,1-3H3. The summed E-state index contributed by atoms with van der Waals surface area (Å²) in [6, 6.07) is 7.08. The molecule has 0 aromatic heterocycles. The van der Waals surface area contributed by atoms with Crippen molar-refractivity contribution in [1.29, 1.82) is 0 Å². The fraction of sp³-hybridized carbons (Fsp3) is 0.647. The van der Waals surface area contributed by atoms with E-state index in [0.717, 1.165) is 44.8 Å². The summed E-state index contributed by atoms with van der Waals surface area (Å²) in [6.07, 6.45) is 0.991. The zero-order chi connectivity index (χ0) is 15.3. The van der Waals surface area contributed by atoms with Crippen LogP contribution in [0.1, 0.15) is 38.8 Å². The molecule has 0 amide bonds. The van der Waals surface area contributed by atoms with Crippen LogP contribution >= 0.6 is 0 Å². The van der Waals surface area contributed by atoms with Crippen LogP contribution in [0.25, 0.3) is 0 Å². The lowest BCUT2D eigenvalue weighted by molar-refractivity contribution is -0.0104. The van der Waals surface area contributed by atoms with Crippen molar-refractivity contribution in [2.45, 2.75) is 38.8 Å². The van der Waals surface area contributed by atoms with Crippen LogP contribution in [0.4, 0.5) is 4.39 Å². The second kappa shape index (κ2) is 7.34. The van der Waals surface area contributed by atoms with E-state index in [-0.39, 0.29) is 17.4 Å². The maximum absolute atomic E-state index is 13.0. The van der Waals surface area contributed by atoms with Crippen molar-refractivity contribution < 1.29 is 9.13 Å². The Hall–Kier alpha value is -0.970. The summed E-state index contributed by atoms with van der Waals surface area (Å²) in [5.74, 6) is -0.178. The maximum Gasteiger partial charge on any atom is 0.123 e. The molecular formula is C17H27FN2O. The van der Waals surface area contributed by atoms with Gasteiger partial charge in [-0.3, -0.25) is 4.90 Å². The van der Waals surface area contributed by atoms with Crippen molar-refractivity contribution in [1.82, 2.24) is 10.2 Å². The van der Waals surface area contributed by atoms with Crippen molar-refractivity contribution in [3.05, 3.63) is 35.6 Å². The SMILES string of the molecule is CCC(NCC(C)(C)N1CCOCC1)c1ccc(F)cc1. The minimum atomic E-state index is -0.178. The Bertz CT molecular complexity index is 427. The quantitative estimate of drug-likeness (QED) is 0.873. The molecule has 3 nitrogen and oxygen atoms in total. The molecule has 1 aliphatic heterocycles. The molecule has 1 aromatic rings. The molecule has 1 N–H and O–H groups in total. The second-order valence-electron chi connectivity index (χ2n) is 6.31. The number of rotatable bonds is 6. The van der Waals surface area contributed by atoms with Crippen LogP contribution in [0.15, 0.2) is 24.3 Å². The highest BCUT2D eigenvalue weighted by atomic mass is 19.1. The lowest BCUT2D eigenvalue weighted by atomic mass is 9.99. The Balaban J connectivity index is 1.93. The van der Waals surface area contributed by atoms with Gasteiger partial charge in [-0.05, 0) is 38.0 Å². The molecule has 21 heavy (non-hydrogen) atoms. The predicted octanol–water partition coefficient (Wildman–Crippen LogP) is 2.98. The summed E-state index contributed by atoms with van der Waals surface area (Å²) < 4.78 is 18.5. The van der Waals surface area contributed by atoms with Gasteiger partial charge in [0.2, 0.25) is 0 Å². The molecule has 0 radical (unpaired) electrons. The zero-order valence-corrected chi connectivity index (χ0v) is 13.4. The molecule has 0 aliphatic carbocycles. The van der Waals surface area contributed by atoms with Gasteiger partial charge in [0.15, 0.2) is 0 Å². The molecule has 1 heterocycles. The molecule has 4 heteroatoms. The minimum absolute atomic E-state index is 0.0945. The van der Waals surface area contributed by atoms with Gasteiger partial charge in [0.05, 0.1) is 13.2 Å². The molecule has 1 saturated heterocycles. The molecule has 1 aliphatic rings. The zero-order valence-electron chi connectivity index (χ0n) is 13.4. The molecular weight excluding hydrogens is 267 g/mol. The van der Waals surface area contributed by atoms with Crippen molar-refractivity contribution in [3.8, 4) is 0 Å². The highest BCUT2D eigenvalue weighted by Gasteiger charge is 2.28. The highest BCUT2D eigenvalue weighted by Crippen LogP contribution is 2.20. The Morgan fingerprint density at radius 2 is 1.86 bits per heavy atom. The van der Waals surface area contributed by atoms with Gasteiger partial charge in [0.1, 0.15) is 5.82 Å². The Morgan fingerprint density at radius 1 is 1.24 bits per heavy atom. The third-order valence-electron chi connectivity index (χ3n) is 4.33. The Morgan fingerprint density at radius 3 is 2.43 bits per heavy atom. The normalized spacial score (nSPS) is 18.7. The highest BCUT2D eigenvalue weighted by molar-refractivity contribution is 5.19. The molecule has 2 rings (SSSR count). The maximum atomic E-state index is 13.0. The van der Waals surface area contributed by atoms with Crippen molar-refractivity contribution in [3.63, 3.8) is 0 Å². The summed E-state index contributed by atoms with van der Waals surface area (Å²) in [7, 11) is 0. The molecule has 1 aromatic carbocycles. The molecule has 1 unspecified atom stereocenters. The molecule has 0 bridgehead atoms. The van der Waals surface area contributed by atoms with E-state index in [1.807, 2.05) is 12.1 Å². The number of nitrogens with one attached hydrogen (secondary N) is 1. The van der Waals surface area contributed by atoms with Crippen LogP contribution in [0.5, 0.6) is 0 Å². The lowest BCUT2D eigenvalue weighted by Gasteiger charge is -2.41. The Labute approximate surface area is 127 Å². The first-order valence-electron chi connectivity index (χ1n) is 7.84. The lowest BCUT2D eigenvalue weighted by Crippen LogP contribution is -2.55. The van der Waals surface area contributed by atoms with E-state index in [1.54, 1.807) is 0 Å². The van der Waals surface area contributed by atoms with Gasteiger partial charge in [-0.25, -0.2) is 4.39 Å².